The number of nitrogens with zero attached hydrogens (tertiary/aromatic N) is 2. The highest BCUT2D eigenvalue weighted by molar-refractivity contribution is 6.06. The van der Waals surface area contributed by atoms with Gasteiger partial charge in [-0.05, 0) is 32.9 Å². The van der Waals surface area contributed by atoms with Gasteiger partial charge in [0.15, 0.2) is 11.5 Å². The van der Waals surface area contributed by atoms with Crippen LogP contribution < -0.4 is 16.4 Å². The second-order valence-electron chi connectivity index (χ2n) is 7.20. The molecule has 2 N–H and O–H groups in total. The molecule has 0 spiro atoms. The zero-order chi connectivity index (χ0) is 21.4. The molecule has 2 aromatic carbocycles. The maximum atomic E-state index is 12.8. The van der Waals surface area contributed by atoms with Crippen molar-refractivity contribution in [3.63, 3.8) is 0 Å². The molecule has 4 rings (SSSR count). The van der Waals surface area contributed by atoms with Gasteiger partial charge in [-0.25, -0.2) is 4.68 Å². The molecule has 0 fully saturated rings. The van der Waals surface area contributed by atoms with Gasteiger partial charge in [0.1, 0.15) is 5.58 Å². The number of rotatable bonds is 3. The summed E-state index contributed by atoms with van der Waals surface area (Å²) < 4.78 is 6.86. The molecule has 152 valence electrons. The van der Waals surface area contributed by atoms with E-state index < -0.39 is 11.8 Å². The Balaban J connectivity index is 1.63. The lowest BCUT2D eigenvalue weighted by atomic mass is 10.1. The fourth-order valence-corrected chi connectivity index (χ4v) is 3.34. The summed E-state index contributed by atoms with van der Waals surface area (Å²) in [6, 6.07) is 13.8. The van der Waals surface area contributed by atoms with Crippen LogP contribution in [0.2, 0.25) is 0 Å². The van der Waals surface area contributed by atoms with Crippen LogP contribution in [0.5, 0.6) is 0 Å². The van der Waals surface area contributed by atoms with E-state index in [0.29, 0.717) is 21.9 Å². The predicted octanol–water partition coefficient (Wildman–Crippen LogP) is 3.11. The first kappa shape index (κ1) is 19.4. The molecular weight excluding hydrogens is 384 g/mol. The van der Waals surface area contributed by atoms with Crippen molar-refractivity contribution in [1.29, 1.82) is 0 Å². The lowest BCUT2D eigenvalue weighted by molar-refractivity contribution is 0.0828. The number of fused-ring (bicyclic) bond motifs is 2. The zero-order valence-corrected chi connectivity index (χ0v) is 16.7. The van der Waals surface area contributed by atoms with Gasteiger partial charge in [0.05, 0.1) is 11.4 Å². The van der Waals surface area contributed by atoms with Crippen LogP contribution in [0.15, 0.2) is 57.7 Å². The standard InChI is InChI=1S/C22H20N4O4/c1-12(2)26-22(29)16-10-5-4-9-15(16)18(25-26)20(27)23-24-21(28)19-13(3)14-8-6-7-11-17(14)30-19/h4-12H,1-3H3,(H,23,27)(H,24,28). The second kappa shape index (κ2) is 7.47. The van der Waals surface area contributed by atoms with Crippen LogP contribution in [0.3, 0.4) is 0 Å². The summed E-state index contributed by atoms with van der Waals surface area (Å²) in [5.41, 5.74) is 5.76. The Kier molecular flexibility index (Phi) is 4.83. The van der Waals surface area contributed by atoms with Gasteiger partial charge in [-0.15, -0.1) is 0 Å². The molecule has 8 heteroatoms. The van der Waals surface area contributed by atoms with Crippen LogP contribution in [0, 0.1) is 6.92 Å². The monoisotopic (exact) mass is 404 g/mol. The topological polar surface area (TPSA) is 106 Å². The van der Waals surface area contributed by atoms with Crippen LogP contribution in [-0.2, 0) is 0 Å². The van der Waals surface area contributed by atoms with Gasteiger partial charge in [0.2, 0.25) is 0 Å². The third kappa shape index (κ3) is 3.22. The quantitative estimate of drug-likeness (QED) is 0.511. The number of furan rings is 1. The summed E-state index contributed by atoms with van der Waals surface area (Å²) in [6.45, 7) is 5.38. The Bertz CT molecular complexity index is 1350. The first-order chi connectivity index (χ1) is 14.4. The van der Waals surface area contributed by atoms with Crippen molar-refractivity contribution in [2.75, 3.05) is 0 Å². The highest BCUT2D eigenvalue weighted by Crippen LogP contribution is 2.24. The number of aryl methyl sites for hydroxylation is 1. The van der Waals surface area contributed by atoms with Gasteiger partial charge in [0, 0.05) is 16.3 Å². The van der Waals surface area contributed by atoms with Crippen molar-refractivity contribution in [2.24, 2.45) is 0 Å². The van der Waals surface area contributed by atoms with Crippen molar-refractivity contribution >= 4 is 33.6 Å². The van der Waals surface area contributed by atoms with Crippen molar-refractivity contribution in [3.8, 4) is 0 Å². The number of para-hydroxylation sites is 1. The molecule has 2 amide bonds. The Labute approximate surface area is 171 Å². The van der Waals surface area contributed by atoms with E-state index >= 15 is 0 Å². The van der Waals surface area contributed by atoms with Crippen molar-refractivity contribution in [3.05, 3.63) is 75.9 Å². The number of carbonyl (C=O) groups excluding carboxylic acids is 2. The van der Waals surface area contributed by atoms with E-state index in [0.717, 1.165) is 5.39 Å². The lowest BCUT2D eigenvalue weighted by Gasteiger charge is -2.13. The molecule has 0 unspecified atom stereocenters. The van der Waals surface area contributed by atoms with Crippen molar-refractivity contribution in [1.82, 2.24) is 20.6 Å². The van der Waals surface area contributed by atoms with Crippen LogP contribution in [0.25, 0.3) is 21.7 Å². The SMILES string of the molecule is Cc1c(C(=O)NNC(=O)c2nn(C(C)C)c(=O)c3ccccc23)oc2ccccc12. The summed E-state index contributed by atoms with van der Waals surface area (Å²) in [7, 11) is 0. The van der Waals surface area contributed by atoms with Gasteiger partial charge in [-0.2, -0.15) is 5.10 Å². The van der Waals surface area contributed by atoms with E-state index in [1.54, 1.807) is 51.1 Å². The van der Waals surface area contributed by atoms with Crippen LogP contribution in [0.1, 0.15) is 46.5 Å². The molecule has 2 aromatic heterocycles. The number of hydrazine groups is 1. The Morgan fingerprint density at radius 3 is 2.20 bits per heavy atom. The minimum atomic E-state index is -0.636. The summed E-state index contributed by atoms with van der Waals surface area (Å²) in [6.07, 6.45) is 0. The van der Waals surface area contributed by atoms with Gasteiger partial charge in [-0.3, -0.25) is 25.2 Å². The third-order valence-corrected chi connectivity index (χ3v) is 4.87. The number of aromatic nitrogens is 2. The average Bonchev–Trinajstić information content (AvgIpc) is 3.09. The minimum absolute atomic E-state index is 0.0422. The number of benzene rings is 2. The van der Waals surface area contributed by atoms with E-state index in [-0.39, 0.29) is 23.1 Å². The predicted molar refractivity (Wildman–Crippen MR) is 112 cm³/mol. The van der Waals surface area contributed by atoms with Crippen molar-refractivity contribution < 1.29 is 14.0 Å². The van der Waals surface area contributed by atoms with Gasteiger partial charge < -0.3 is 4.42 Å². The number of carbonyl (C=O) groups is 2. The molecule has 2 heterocycles. The smallest absolute Gasteiger partial charge is 0.305 e. The normalized spacial score (nSPS) is 11.2. The van der Waals surface area contributed by atoms with Crippen LogP contribution in [0.4, 0.5) is 0 Å². The van der Waals surface area contributed by atoms with Gasteiger partial charge in [-0.1, -0.05) is 36.4 Å². The van der Waals surface area contributed by atoms with E-state index in [1.165, 1.54) is 4.68 Å². The number of hydrogen-bond acceptors (Lipinski definition) is 5. The highest BCUT2D eigenvalue weighted by Gasteiger charge is 2.21. The molecule has 0 aliphatic rings. The Morgan fingerprint density at radius 2 is 1.53 bits per heavy atom. The molecule has 0 saturated heterocycles. The molecule has 0 bridgehead atoms. The molecule has 0 saturated carbocycles. The third-order valence-electron chi connectivity index (χ3n) is 4.87. The van der Waals surface area contributed by atoms with Gasteiger partial charge >= 0.3 is 5.91 Å². The fraction of sp³-hybridized carbons (Fsp3) is 0.182. The van der Waals surface area contributed by atoms with Crippen LogP contribution >= 0.6 is 0 Å². The Hall–Kier alpha value is -3.94. The van der Waals surface area contributed by atoms with E-state index in [2.05, 4.69) is 16.0 Å². The molecule has 0 aliphatic carbocycles. The summed E-state index contributed by atoms with van der Waals surface area (Å²) in [5.74, 6) is -1.11. The highest BCUT2D eigenvalue weighted by atomic mass is 16.3. The molecular formula is C22H20N4O4. The largest absolute Gasteiger partial charge is 0.451 e. The zero-order valence-electron chi connectivity index (χ0n) is 16.7. The first-order valence-electron chi connectivity index (χ1n) is 9.49. The maximum absolute atomic E-state index is 12.8. The average molecular weight is 404 g/mol. The lowest BCUT2D eigenvalue weighted by Crippen LogP contribution is -2.43. The second-order valence-corrected chi connectivity index (χ2v) is 7.20. The molecule has 0 aliphatic heterocycles. The van der Waals surface area contributed by atoms with E-state index in [9.17, 15) is 14.4 Å². The Morgan fingerprint density at radius 1 is 0.933 bits per heavy atom. The number of amides is 2. The summed E-state index contributed by atoms with van der Waals surface area (Å²) >= 11 is 0. The summed E-state index contributed by atoms with van der Waals surface area (Å²) in [4.78, 5) is 38.0. The first-order valence-corrected chi connectivity index (χ1v) is 9.49. The molecule has 4 aromatic rings. The minimum Gasteiger partial charge on any atom is -0.451 e. The van der Waals surface area contributed by atoms with E-state index in [4.69, 9.17) is 4.42 Å². The van der Waals surface area contributed by atoms with Crippen molar-refractivity contribution in [2.45, 2.75) is 26.8 Å². The van der Waals surface area contributed by atoms with Gasteiger partial charge in [0.25, 0.3) is 11.5 Å². The van der Waals surface area contributed by atoms with E-state index in [1.807, 2.05) is 18.2 Å². The maximum Gasteiger partial charge on any atom is 0.305 e. The molecule has 0 radical (unpaired) electrons. The van der Waals surface area contributed by atoms with Crippen LogP contribution in [-0.4, -0.2) is 21.6 Å². The number of hydrogen-bond donors (Lipinski definition) is 2. The molecule has 0 atom stereocenters. The molecule has 8 nitrogen and oxygen atoms in total. The molecule has 30 heavy (non-hydrogen) atoms. The number of nitrogens with one attached hydrogen (secondary N) is 2. The fourth-order valence-electron chi connectivity index (χ4n) is 3.34. The summed E-state index contributed by atoms with van der Waals surface area (Å²) in [5, 5.41) is 5.83.